The highest BCUT2D eigenvalue weighted by atomic mass is 79.9. The smallest absolute Gasteiger partial charge is 0.0585 e. The Kier molecular flexibility index (Phi) is 2.93. The first-order valence-electron chi connectivity index (χ1n) is 6.05. The van der Waals surface area contributed by atoms with Gasteiger partial charge < -0.3 is 11.1 Å². The van der Waals surface area contributed by atoms with Crippen LogP contribution < -0.4 is 11.1 Å². The minimum atomic E-state index is 0.417. The van der Waals surface area contributed by atoms with Crippen molar-refractivity contribution >= 4 is 27.3 Å². The largest absolute Gasteiger partial charge is 0.397 e. The van der Waals surface area contributed by atoms with Crippen LogP contribution in [0.25, 0.3) is 0 Å². The molecule has 3 heteroatoms. The molecule has 0 spiro atoms. The number of nitrogens with one attached hydrogen (secondary N) is 1. The lowest BCUT2D eigenvalue weighted by Gasteiger charge is -2.10. The summed E-state index contributed by atoms with van der Waals surface area (Å²) in [5.41, 5.74) is 8.62. The minimum Gasteiger partial charge on any atom is -0.397 e. The fourth-order valence-corrected chi connectivity index (χ4v) is 3.10. The molecular weight excluding hydrogens is 276 g/mol. The fourth-order valence-electron chi connectivity index (χ4n) is 2.74. The Morgan fingerprint density at radius 3 is 2.35 bits per heavy atom. The van der Waals surface area contributed by atoms with E-state index in [-0.39, 0.29) is 0 Å². The molecular formula is C14H21BrN2. The summed E-state index contributed by atoms with van der Waals surface area (Å²) < 4.78 is 1.06. The average Bonchev–Trinajstić information content (AvgIpc) is 2.60. The van der Waals surface area contributed by atoms with Gasteiger partial charge >= 0.3 is 0 Å². The van der Waals surface area contributed by atoms with Crippen molar-refractivity contribution in [2.45, 2.75) is 27.7 Å². The van der Waals surface area contributed by atoms with Crippen LogP contribution in [-0.4, -0.2) is 6.54 Å². The molecule has 3 N–H and O–H groups in total. The third-order valence-electron chi connectivity index (χ3n) is 4.83. The Morgan fingerprint density at radius 1 is 1.24 bits per heavy atom. The summed E-state index contributed by atoms with van der Waals surface area (Å²) in [7, 11) is 0. The van der Waals surface area contributed by atoms with Crippen LogP contribution >= 0.6 is 15.9 Å². The van der Waals surface area contributed by atoms with Crippen LogP contribution in [0.15, 0.2) is 22.7 Å². The number of nitrogens with two attached hydrogens (primary N) is 1. The molecule has 2 rings (SSSR count). The zero-order valence-electron chi connectivity index (χ0n) is 11.0. The molecule has 94 valence electrons. The van der Waals surface area contributed by atoms with E-state index in [1.54, 1.807) is 0 Å². The molecule has 1 saturated carbocycles. The Labute approximate surface area is 112 Å². The van der Waals surface area contributed by atoms with Crippen LogP contribution in [0, 0.1) is 16.7 Å². The lowest BCUT2D eigenvalue weighted by atomic mass is 10.0. The molecule has 17 heavy (non-hydrogen) atoms. The number of halogens is 1. The number of hydrogen-bond donors (Lipinski definition) is 2. The maximum Gasteiger partial charge on any atom is 0.0585 e. The first-order valence-corrected chi connectivity index (χ1v) is 6.85. The van der Waals surface area contributed by atoms with Gasteiger partial charge in [0, 0.05) is 11.0 Å². The van der Waals surface area contributed by atoms with Gasteiger partial charge in [0.1, 0.15) is 0 Å². The van der Waals surface area contributed by atoms with Gasteiger partial charge in [-0.25, -0.2) is 0 Å². The third kappa shape index (κ3) is 2.05. The standard InChI is InChI=1S/C14H21BrN2/c1-13(2)12(14(13,3)4)8-17-11-7-9(15)5-6-10(11)16/h5-7,12,17H,8,16H2,1-4H3. The van der Waals surface area contributed by atoms with E-state index in [4.69, 9.17) is 5.73 Å². The van der Waals surface area contributed by atoms with Crippen molar-refractivity contribution < 1.29 is 0 Å². The van der Waals surface area contributed by atoms with Gasteiger partial charge in [-0.05, 0) is 34.9 Å². The minimum absolute atomic E-state index is 0.417. The summed E-state index contributed by atoms with van der Waals surface area (Å²) in [5, 5.41) is 3.47. The van der Waals surface area contributed by atoms with E-state index in [1.807, 2.05) is 18.2 Å². The molecule has 0 unspecified atom stereocenters. The lowest BCUT2D eigenvalue weighted by Crippen LogP contribution is -2.09. The molecule has 0 saturated heterocycles. The summed E-state index contributed by atoms with van der Waals surface area (Å²) >= 11 is 3.47. The molecule has 1 aliphatic carbocycles. The number of rotatable bonds is 3. The van der Waals surface area contributed by atoms with Crippen molar-refractivity contribution in [1.82, 2.24) is 0 Å². The molecule has 1 aliphatic rings. The second kappa shape index (κ2) is 3.91. The molecule has 0 radical (unpaired) electrons. The van der Waals surface area contributed by atoms with E-state index in [9.17, 15) is 0 Å². The van der Waals surface area contributed by atoms with E-state index in [2.05, 4.69) is 48.9 Å². The first-order chi connectivity index (χ1) is 7.76. The lowest BCUT2D eigenvalue weighted by molar-refractivity contribution is 0.457. The van der Waals surface area contributed by atoms with Crippen LogP contribution in [0.5, 0.6) is 0 Å². The molecule has 0 aliphatic heterocycles. The van der Waals surface area contributed by atoms with E-state index in [0.717, 1.165) is 22.4 Å². The summed E-state index contributed by atoms with van der Waals surface area (Å²) in [6.07, 6.45) is 0. The topological polar surface area (TPSA) is 38.0 Å². The highest BCUT2D eigenvalue weighted by molar-refractivity contribution is 9.10. The average molecular weight is 297 g/mol. The van der Waals surface area contributed by atoms with Crippen molar-refractivity contribution in [2.75, 3.05) is 17.6 Å². The zero-order chi connectivity index (χ0) is 12.8. The molecule has 1 aromatic carbocycles. The monoisotopic (exact) mass is 296 g/mol. The quantitative estimate of drug-likeness (QED) is 0.823. The normalized spacial score (nSPS) is 21.2. The van der Waals surface area contributed by atoms with Crippen molar-refractivity contribution in [2.24, 2.45) is 16.7 Å². The highest BCUT2D eigenvalue weighted by Crippen LogP contribution is 2.68. The first kappa shape index (κ1) is 12.7. The van der Waals surface area contributed by atoms with Crippen LogP contribution in [0.2, 0.25) is 0 Å². The van der Waals surface area contributed by atoms with E-state index < -0.39 is 0 Å². The molecule has 1 fully saturated rings. The van der Waals surface area contributed by atoms with Gasteiger partial charge in [-0.3, -0.25) is 0 Å². The van der Waals surface area contributed by atoms with Crippen molar-refractivity contribution in [3.8, 4) is 0 Å². The van der Waals surface area contributed by atoms with E-state index in [1.165, 1.54) is 0 Å². The second-order valence-corrected chi connectivity index (χ2v) is 7.02. The van der Waals surface area contributed by atoms with Gasteiger partial charge in [0.25, 0.3) is 0 Å². The third-order valence-corrected chi connectivity index (χ3v) is 5.32. The Bertz CT molecular complexity index is 424. The number of anilines is 2. The van der Waals surface area contributed by atoms with Crippen molar-refractivity contribution in [1.29, 1.82) is 0 Å². The predicted molar refractivity (Wildman–Crippen MR) is 78.1 cm³/mol. The zero-order valence-corrected chi connectivity index (χ0v) is 12.6. The Balaban J connectivity index is 2.03. The molecule has 0 bridgehead atoms. The van der Waals surface area contributed by atoms with Gasteiger partial charge in [0.05, 0.1) is 11.4 Å². The van der Waals surface area contributed by atoms with Gasteiger partial charge in [-0.15, -0.1) is 0 Å². The molecule has 0 atom stereocenters. The van der Waals surface area contributed by atoms with Crippen molar-refractivity contribution in [3.63, 3.8) is 0 Å². The molecule has 0 aromatic heterocycles. The van der Waals surface area contributed by atoms with Crippen LogP contribution in [-0.2, 0) is 0 Å². The molecule has 1 aromatic rings. The maximum absolute atomic E-state index is 5.95. The van der Waals surface area contributed by atoms with Gasteiger partial charge in [0.2, 0.25) is 0 Å². The van der Waals surface area contributed by atoms with Gasteiger partial charge in [-0.2, -0.15) is 0 Å². The predicted octanol–water partition coefficient (Wildman–Crippen LogP) is 4.13. The highest BCUT2D eigenvalue weighted by Gasteiger charge is 2.63. The van der Waals surface area contributed by atoms with Crippen LogP contribution in [0.1, 0.15) is 27.7 Å². The molecule has 0 amide bonds. The fraction of sp³-hybridized carbons (Fsp3) is 0.571. The van der Waals surface area contributed by atoms with Gasteiger partial charge in [-0.1, -0.05) is 43.6 Å². The van der Waals surface area contributed by atoms with E-state index in [0.29, 0.717) is 16.7 Å². The van der Waals surface area contributed by atoms with Crippen LogP contribution in [0.3, 0.4) is 0 Å². The summed E-state index contributed by atoms with van der Waals surface area (Å²) in [4.78, 5) is 0. The Morgan fingerprint density at radius 2 is 1.82 bits per heavy atom. The number of benzene rings is 1. The van der Waals surface area contributed by atoms with Gasteiger partial charge in [0.15, 0.2) is 0 Å². The van der Waals surface area contributed by atoms with Crippen molar-refractivity contribution in [3.05, 3.63) is 22.7 Å². The molecule has 2 nitrogen and oxygen atoms in total. The van der Waals surface area contributed by atoms with E-state index >= 15 is 0 Å². The number of hydrogen-bond acceptors (Lipinski definition) is 2. The molecule has 0 heterocycles. The number of nitrogen functional groups attached to an aromatic ring is 1. The summed E-state index contributed by atoms with van der Waals surface area (Å²) in [6.45, 7) is 10.3. The summed E-state index contributed by atoms with van der Waals surface area (Å²) in [6, 6.07) is 5.93. The van der Waals surface area contributed by atoms with Crippen LogP contribution in [0.4, 0.5) is 11.4 Å². The Hall–Kier alpha value is -0.700. The SMILES string of the molecule is CC1(C)C(CNc2cc(Br)ccc2N)C1(C)C. The summed E-state index contributed by atoms with van der Waals surface area (Å²) in [5.74, 6) is 0.702. The maximum atomic E-state index is 5.95. The second-order valence-electron chi connectivity index (χ2n) is 6.11.